The van der Waals surface area contributed by atoms with Gasteiger partial charge >= 0.3 is 0 Å². The van der Waals surface area contributed by atoms with Crippen LogP contribution >= 0.6 is 0 Å². The Labute approximate surface area is 344 Å². The molecule has 0 amide bonds. The van der Waals surface area contributed by atoms with E-state index in [1.54, 1.807) is 18.2 Å². The van der Waals surface area contributed by atoms with E-state index in [1.807, 2.05) is 121 Å². The summed E-state index contributed by atoms with van der Waals surface area (Å²) in [5.41, 5.74) is 11.8. The Morgan fingerprint density at radius 2 is 0.733 bits per heavy atom. The molecule has 0 unspecified atom stereocenters. The molecule has 8 aromatic carbocycles. The van der Waals surface area contributed by atoms with Gasteiger partial charge in [-0.2, -0.15) is 26.3 Å². The van der Waals surface area contributed by atoms with Crippen LogP contribution in [0.2, 0.25) is 0 Å². The highest BCUT2D eigenvalue weighted by atomic mass is 15.0. The molecule has 60 heavy (non-hydrogen) atoms. The Morgan fingerprint density at radius 3 is 1.18 bits per heavy atom. The second-order valence-corrected chi connectivity index (χ2v) is 14.5. The Bertz CT molecular complexity index is 3450. The van der Waals surface area contributed by atoms with Gasteiger partial charge in [0.2, 0.25) is 0 Å². The Hall–Kier alpha value is -9.19. The molecular weight excluding hydrogens is 735 g/mol. The van der Waals surface area contributed by atoms with Crippen LogP contribution in [0.15, 0.2) is 164 Å². The van der Waals surface area contributed by atoms with Crippen LogP contribution < -0.4 is 0 Å². The van der Waals surface area contributed by atoms with Crippen molar-refractivity contribution in [2.75, 3.05) is 0 Å². The van der Waals surface area contributed by atoms with Gasteiger partial charge in [-0.15, -0.1) is 0 Å². The van der Waals surface area contributed by atoms with Crippen LogP contribution in [0.1, 0.15) is 27.8 Å². The van der Waals surface area contributed by atoms with Crippen LogP contribution in [0.4, 0.5) is 0 Å². The SMILES string of the molecule is N#Cc1cc(C#N)cc(-c2cc(-n3c4ccccc4c4cc(-c5ccccc5C#N)ccc43)c(C#N)c(-n3c4ccccc4c4cc(-c5ccccc5C#N)ccc43)c2)c1. The van der Waals surface area contributed by atoms with E-state index < -0.39 is 0 Å². The van der Waals surface area contributed by atoms with Gasteiger partial charge in [0.25, 0.3) is 0 Å². The molecule has 2 heterocycles. The molecule has 0 saturated heterocycles. The minimum Gasteiger partial charge on any atom is -0.308 e. The molecule has 0 aliphatic heterocycles. The van der Waals surface area contributed by atoms with Crippen molar-refractivity contribution in [3.05, 3.63) is 192 Å². The minimum atomic E-state index is 0.348. The second-order valence-electron chi connectivity index (χ2n) is 14.5. The topological polar surface area (TPSA) is 129 Å². The van der Waals surface area contributed by atoms with Crippen molar-refractivity contribution < 1.29 is 0 Å². The predicted octanol–water partition coefficient (Wildman–Crippen LogP) is 12.2. The van der Waals surface area contributed by atoms with Gasteiger partial charge in [0.1, 0.15) is 11.6 Å². The molecule has 7 nitrogen and oxygen atoms in total. The zero-order chi connectivity index (χ0) is 40.9. The van der Waals surface area contributed by atoms with Crippen LogP contribution in [0.25, 0.3) is 88.4 Å². The quantitative estimate of drug-likeness (QED) is 0.172. The van der Waals surface area contributed by atoms with Gasteiger partial charge in [-0.3, -0.25) is 0 Å². The van der Waals surface area contributed by atoms with Gasteiger partial charge < -0.3 is 9.13 Å². The maximum absolute atomic E-state index is 11.4. The highest BCUT2D eigenvalue weighted by Crippen LogP contribution is 2.42. The van der Waals surface area contributed by atoms with Crippen molar-refractivity contribution in [3.63, 3.8) is 0 Å². The molecule has 0 aliphatic carbocycles. The zero-order valence-electron chi connectivity index (χ0n) is 31.7. The number of benzene rings is 8. The number of fused-ring (bicyclic) bond motifs is 6. The average molecular weight is 762 g/mol. The van der Waals surface area contributed by atoms with E-state index in [0.29, 0.717) is 50.3 Å². The maximum Gasteiger partial charge on any atom is 0.104 e. The van der Waals surface area contributed by atoms with Gasteiger partial charge in [0, 0.05) is 21.5 Å². The Balaban J connectivity index is 1.32. The summed E-state index contributed by atoms with van der Waals surface area (Å²) in [7, 11) is 0. The zero-order valence-corrected chi connectivity index (χ0v) is 31.7. The van der Waals surface area contributed by atoms with Crippen LogP contribution in [-0.4, -0.2) is 9.13 Å². The smallest absolute Gasteiger partial charge is 0.104 e. The van der Waals surface area contributed by atoms with E-state index in [0.717, 1.165) is 65.9 Å². The van der Waals surface area contributed by atoms with Crippen LogP contribution in [0, 0.1) is 56.7 Å². The standard InChI is InChI=1S/C53H27N7/c54-28-33-21-34(29-55)23-39(22-33)40-26-52(59-48-15-7-5-13-43(48)45-24-35(17-19-50(45)59)41-11-3-1-9-37(41)30-56)47(32-58)53(27-40)60-49-16-8-6-14-44(49)46-25-36(18-20-51(46)60)42-12-4-2-10-38(42)31-57/h1-27H. The largest absolute Gasteiger partial charge is 0.308 e. The lowest BCUT2D eigenvalue weighted by atomic mass is 9.96. The fraction of sp³-hybridized carbons (Fsp3) is 0. The Kier molecular flexibility index (Phi) is 8.27. The van der Waals surface area contributed by atoms with E-state index >= 15 is 0 Å². The van der Waals surface area contributed by atoms with Crippen molar-refractivity contribution in [1.82, 2.24) is 9.13 Å². The molecule has 274 valence electrons. The van der Waals surface area contributed by atoms with Gasteiger partial charge in [0.15, 0.2) is 0 Å². The number of nitrogens with zero attached hydrogens (tertiary/aromatic N) is 7. The third kappa shape index (κ3) is 5.47. The molecule has 0 aliphatic rings. The summed E-state index contributed by atoms with van der Waals surface area (Å²) in [6.45, 7) is 0. The number of hydrogen-bond acceptors (Lipinski definition) is 5. The molecule has 0 fully saturated rings. The molecule has 10 aromatic rings. The van der Waals surface area contributed by atoms with Gasteiger partial charge in [0.05, 0.1) is 80.0 Å². The first-order chi connectivity index (χ1) is 29.5. The van der Waals surface area contributed by atoms with Crippen molar-refractivity contribution in [2.45, 2.75) is 0 Å². The fourth-order valence-electron chi connectivity index (χ4n) is 8.63. The molecule has 0 N–H and O–H groups in total. The summed E-state index contributed by atoms with van der Waals surface area (Å²) < 4.78 is 4.22. The summed E-state index contributed by atoms with van der Waals surface area (Å²) in [5, 5.41) is 55.2. The van der Waals surface area contributed by atoms with Crippen LogP contribution in [0.3, 0.4) is 0 Å². The van der Waals surface area contributed by atoms with E-state index in [2.05, 4.69) is 63.7 Å². The summed E-state index contributed by atoms with van der Waals surface area (Å²) in [5.74, 6) is 0. The third-order valence-electron chi connectivity index (χ3n) is 11.3. The van der Waals surface area contributed by atoms with E-state index in [9.17, 15) is 26.3 Å². The third-order valence-corrected chi connectivity index (χ3v) is 11.3. The fourth-order valence-corrected chi connectivity index (χ4v) is 8.63. The summed E-state index contributed by atoms with van der Waals surface area (Å²) in [6.07, 6.45) is 0. The van der Waals surface area contributed by atoms with Gasteiger partial charge in [-0.25, -0.2) is 0 Å². The van der Waals surface area contributed by atoms with Crippen LogP contribution in [0.5, 0.6) is 0 Å². The van der Waals surface area contributed by atoms with E-state index in [1.165, 1.54) is 0 Å². The monoisotopic (exact) mass is 761 g/mol. The first-order valence-electron chi connectivity index (χ1n) is 19.1. The first kappa shape index (κ1) is 35.2. The maximum atomic E-state index is 11.4. The number of para-hydroxylation sites is 2. The number of nitriles is 5. The minimum absolute atomic E-state index is 0.348. The van der Waals surface area contributed by atoms with E-state index in [-0.39, 0.29) is 0 Å². The predicted molar refractivity (Wildman–Crippen MR) is 235 cm³/mol. The normalized spacial score (nSPS) is 10.9. The molecule has 0 saturated carbocycles. The van der Waals surface area contributed by atoms with E-state index in [4.69, 9.17) is 0 Å². The Morgan fingerprint density at radius 1 is 0.317 bits per heavy atom. The highest BCUT2D eigenvalue weighted by molar-refractivity contribution is 6.12. The molecule has 0 atom stereocenters. The van der Waals surface area contributed by atoms with Gasteiger partial charge in [-0.05, 0) is 112 Å². The number of hydrogen-bond donors (Lipinski definition) is 0. The van der Waals surface area contributed by atoms with Crippen molar-refractivity contribution in [1.29, 1.82) is 26.3 Å². The molecule has 0 spiro atoms. The first-order valence-corrected chi connectivity index (χ1v) is 19.1. The molecule has 7 heteroatoms. The summed E-state index contributed by atoms with van der Waals surface area (Å²) >= 11 is 0. The molecule has 0 radical (unpaired) electrons. The average Bonchev–Trinajstić information content (AvgIpc) is 3.82. The van der Waals surface area contributed by atoms with Gasteiger partial charge in [-0.1, -0.05) is 84.9 Å². The highest BCUT2D eigenvalue weighted by Gasteiger charge is 2.23. The van der Waals surface area contributed by atoms with Crippen molar-refractivity contribution in [3.8, 4) is 75.1 Å². The molecule has 10 rings (SSSR count). The lowest BCUT2D eigenvalue weighted by Gasteiger charge is -2.19. The molecular formula is C53H27N7. The van der Waals surface area contributed by atoms with Crippen LogP contribution in [-0.2, 0) is 0 Å². The molecule has 0 bridgehead atoms. The summed E-state index contributed by atoms with van der Waals surface area (Å²) in [6, 6.07) is 64.3. The lowest BCUT2D eigenvalue weighted by molar-refractivity contribution is 1.12. The van der Waals surface area contributed by atoms with Crippen molar-refractivity contribution in [2.24, 2.45) is 0 Å². The lowest BCUT2D eigenvalue weighted by Crippen LogP contribution is -2.05. The van der Waals surface area contributed by atoms with Crippen molar-refractivity contribution >= 4 is 43.6 Å². The number of aromatic nitrogens is 2. The number of rotatable bonds is 5. The molecule has 2 aromatic heterocycles. The second kappa shape index (κ2) is 14.1. The summed E-state index contributed by atoms with van der Waals surface area (Å²) in [4.78, 5) is 0.